The number of nitrogens with zero attached hydrogens (tertiary/aromatic N) is 1. The van der Waals surface area contributed by atoms with Crippen LogP contribution in [0.5, 0.6) is 0 Å². The number of H-pyrrole nitrogens is 1. The topological polar surface area (TPSA) is 53.2 Å². The second kappa shape index (κ2) is 5.32. The van der Waals surface area contributed by atoms with Crippen molar-refractivity contribution >= 4 is 33.7 Å². The molecule has 1 fully saturated rings. The SMILES string of the molecule is CC(=O)SC1CC(=O)N(Cc2ccc3[nH]ccc3c2)C1. The Bertz CT molecular complexity index is 665. The monoisotopic (exact) mass is 288 g/mol. The van der Waals surface area contributed by atoms with Gasteiger partial charge in [-0.05, 0) is 29.1 Å². The Morgan fingerprint density at radius 2 is 2.30 bits per heavy atom. The quantitative estimate of drug-likeness (QED) is 0.944. The van der Waals surface area contributed by atoms with E-state index in [1.807, 2.05) is 29.3 Å². The molecule has 5 heteroatoms. The molecule has 20 heavy (non-hydrogen) atoms. The van der Waals surface area contributed by atoms with Crippen molar-refractivity contribution in [3.63, 3.8) is 0 Å². The highest BCUT2D eigenvalue weighted by atomic mass is 32.2. The summed E-state index contributed by atoms with van der Waals surface area (Å²) in [5.74, 6) is 0.137. The van der Waals surface area contributed by atoms with Gasteiger partial charge in [-0.15, -0.1) is 0 Å². The van der Waals surface area contributed by atoms with Gasteiger partial charge in [0.05, 0.1) is 0 Å². The molecule has 1 amide bonds. The summed E-state index contributed by atoms with van der Waals surface area (Å²) >= 11 is 1.28. The van der Waals surface area contributed by atoms with Gasteiger partial charge in [0.1, 0.15) is 0 Å². The molecule has 0 spiro atoms. The molecule has 2 aromatic rings. The lowest BCUT2D eigenvalue weighted by atomic mass is 10.1. The van der Waals surface area contributed by atoms with Crippen LogP contribution in [0.4, 0.5) is 0 Å². The van der Waals surface area contributed by atoms with Gasteiger partial charge in [0.2, 0.25) is 5.91 Å². The third kappa shape index (κ3) is 2.72. The Morgan fingerprint density at radius 3 is 3.10 bits per heavy atom. The van der Waals surface area contributed by atoms with Crippen molar-refractivity contribution in [3.05, 3.63) is 36.0 Å². The van der Waals surface area contributed by atoms with Crippen LogP contribution < -0.4 is 0 Å². The molecule has 4 nitrogen and oxygen atoms in total. The summed E-state index contributed by atoms with van der Waals surface area (Å²) in [6, 6.07) is 8.20. The van der Waals surface area contributed by atoms with Crippen LogP contribution in [0.2, 0.25) is 0 Å². The molecule has 1 atom stereocenters. The van der Waals surface area contributed by atoms with E-state index in [2.05, 4.69) is 11.1 Å². The number of hydrogen-bond donors (Lipinski definition) is 1. The molecule has 1 aliphatic rings. The summed E-state index contributed by atoms with van der Waals surface area (Å²) in [5.41, 5.74) is 2.23. The molecule has 0 bridgehead atoms. The molecule has 1 N–H and O–H groups in total. The maximum atomic E-state index is 12.0. The van der Waals surface area contributed by atoms with E-state index in [9.17, 15) is 9.59 Å². The van der Waals surface area contributed by atoms with Crippen molar-refractivity contribution in [2.45, 2.75) is 25.1 Å². The van der Waals surface area contributed by atoms with Crippen LogP contribution in [0.3, 0.4) is 0 Å². The summed E-state index contributed by atoms with van der Waals surface area (Å²) in [6.07, 6.45) is 2.38. The molecule has 1 aliphatic heterocycles. The fourth-order valence-electron chi connectivity index (χ4n) is 2.62. The summed E-state index contributed by atoms with van der Waals surface area (Å²) in [4.78, 5) is 28.1. The van der Waals surface area contributed by atoms with Crippen molar-refractivity contribution < 1.29 is 9.59 Å². The first kappa shape index (κ1) is 13.2. The molecule has 2 heterocycles. The minimum Gasteiger partial charge on any atom is -0.361 e. The first-order chi connectivity index (χ1) is 9.61. The highest BCUT2D eigenvalue weighted by Gasteiger charge is 2.30. The zero-order valence-corrected chi connectivity index (χ0v) is 12.1. The third-order valence-corrected chi connectivity index (χ3v) is 4.48. The van der Waals surface area contributed by atoms with E-state index < -0.39 is 0 Å². The first-order valence-corrected chi connectivity index (χ1v) is 7.51. The number of carbonyl (C=O) groups is 2. The van der Waals surface area contributed by atoms with Crippen molar-refractivity contribution in [2.75, 3.05) is 6.54 Å². The van der Waals surface area contributed by atoms with Crippen LogP contribution in [0.1, 0.15) is 18.9 Å². The largest absolute Gasteiger partial charge is 0.361 e. The average molecular weight is 288 g/mol. The Kier molecular flexibility index (Phi) is 3.53. The van der Waals surface area contributed by atoms with Gasteiger partial charge in [-0.2, -0.15) is 0 Å². The van der Waals surface area contributed by atoms with E-state index in [-0.39, 0.29) is 16.3 Å². The fourth-order valence-corrected chi connectivity index (χ4v) is 3.57. The van der Waals surface area contributed by atoms with E-state index in [0.29, 0.717) is 19.5 Å². The summed E-state index contributed by atoms with van der Waals surface area (Å²) in [5, 5.41) is 1.35. The minimum absolute atomic E-state index is 0.0818. The van der Waals surface area contributed by atoms with Gasteiger partial charge in [0.15, 0.2) is 5.12 Å². The molecule has 1 aromatic heterocycles. The summed E-state index contributed by atoms with van der Waals surface area (Å²) in [6.45, 7) is 2.83. The number of aromatic amines is 1. The van der Waals surface area contributed by atoms with E-state index in [1.54, 1.807) is 6.92 Å². The number of nitrogens with one attached hydrogen (secondary N) is 1. The van der Waals surface area contributed by atoms with Gasteiger partial charge in [0.25, 0.3) is 0 Å². The zero-order valence-electron chi connectivity index (χ0n) is 11.3. The summed E-state index contributed by atoms with van der Waals surface area (Å²) in [7, 11) is 0. The Morgan fingerprint density at radius 1 is 1.45 bits per heavy atom. The molecule has 1 aromatic carbocycles. The van der Waals surface area contributed by atoms with E-state index in [4.69, 9.17) is 0 Å². The van der Waals surface area contributed by atoms with Crippen molar-refractivity contribution in [2.24, 2.45) is 0 Å². The van der Waals surface area contributed by atoms with Crippen molar-refractivity contribution in [1.29, 1.82) is 0 Å². The van der Waals surface area contributed by atoms with Crippen molar-refractivity contribution in [1.82, 2.24) is 9.88 Å². The molecule has 3 rings (SSSR count). The number of carbonyl (C=O) groups excluding carboxylic acids is 2. The van der Waals surface area contributed by atoms with Crippen LogP contribution in [-0.2, 0) is 16.1 Å². The Labute approximate surface area is 121 Å². The third-order valence-electron chi connectivity index (χ3n) is 3.50. The Balaban J connectivity index is 1.70. The van der Waals surface area contributed by atoms with Crippen molar-refractivity contribution in [3.8, 4) is 0 Å². The van der Waals surface area contributed by atoms with Crippen LogP contribution in [-0.4, -0.2) is 32.7 Å². The average Bonchev–Trinajstić information content (AvgIpc) is 2.96. The predicted molar refractivity (Wildman–Crippen MR) is 80.4 cm³/mol. The summed E-state index contributed by atoms with van der Waals surface area (Å²) < 4.78 is 0. The van der Waals surface area contributed by atoms with E-state index in [1.165, 1.54) is 11.8 Å². The highest BCUT2D eigenvalue weighted by Crippen LogP contribution is 2.26. The molecular formula is C15H16N2O2S. The number of thioether (sulfide) groups is 1. The number of rotatable bonds is 3. The number of benzene rings is 1. The van der Waals surface area contributed by atoms with Gasteiger partial charge in [-0.25, -0.2) is 0 Å². The first-order valence-electron chi connectivity index (χ1n) is 6.63. The maximum Gasteiger partial charge on any atom is 0.224 e. The lowest BCUT2D eigenvalue weighted by Gasteiger charge is -2.16. The standard InChI is InChI=1S/C15H16N2O2S/c1-10(18)20-13-7-15(19)17(9-13)8-11-2-3-14-12(6-11)4-5-16-14/h2-6,13,16H,7-9H2,1H3. The molecule has 104 valence electrons. The zero-order chi connectivity index (χ0) is 14.1. The lowest BCUT2D eigenvalue weighted by molar-refractivity contribution is -0.128. The molecule has 0 aliphatic carbocycles. The van der Waals surface area contributed by atoms with E-state index >= 15 is 0 Å². The van der Waals surface area contributed by atoms with Crippen LogP contribution in [0.25, 0.3) is 10.9 Å². The fraction of sp³-hybridized carbons (Fsp3) is 0.333. The minimum atomic E-state index is 0.0818. The number of fused-ring (bicyclic) bond motifs is 1. The molecular weight excluding hydrogens is 272 g/mol. The number of likely N-dealkylation sites (tertiary alicyclic amines) is 1. The van der Waals surface area contributed by atoms with Crippen LogP contribution >= 0.6 is 11.8 Å². The number of hydrogen-bond acceptors (Lipinski definition) is 3. The lowest BCUT2D eigenvalue weighted by Crippen LogP contribution is -2.24. The smallest absolute Gasteiger partial charge is 0.224 e. The second-order valence-electron chi connectivity index (χ2n) is 5.11. The Hall–Kier alpha value is -1.75. The molecule has 1 saturated heterocycles. The maximum absolute atomic E-state index is 12.0. The molecule has 0 radical (unpaired) electrons. The number of amides is 1. The van der Waals surface area contributed by atoms with Crippen LogP contribution in [0, 0.1) is 0 Å². The predicted octanol–water partition coefficient (Wildman–Crippen LogP) is 2.55. The van der Waals surface area contributed by atoms with Crippen LogP contribution in [0.15, 0.2) is 30.5 Å². The second-order valence-corrected chi connectivity index (χ2v) is 6.59. The normalized spacial score (nSPS) is 18.9. The van der Waals surface area contributed by atoms with Gasteiger partial charge >= 0.3 is 0 Å². The molecule has 0 saturated carbocycles. The van der Waals surface area contributed by atoms with E-state index in [0.717, 1.165) is 16.5 Å². The highest BCUT2D eigenvalue weighted by molar-refractivity contribution is 8.14. The molecule has 1 unspecified atom stereocenters. The van der Waals surface area contributed by atoms with Gasteiger partial charge in [-0.3, -0.25) is 9.59 Å². The van der Waals surface area contributed by atoms with Gasteiger partial charge in [-0.1, -0.05) is 17.8 Å². The van der Waals surface area contributed by atoms with Gasteiger partial charge in [0, 0.05) is 43.4 Å². The van der Waals surface area contributed by atoms with Gasteiger partial charge < -0.3 is 9.88 Å². The number of aromatic nitrogens is 1.